The molecule has 6 heteroatoms. The van der Waals surface area contributed by atoms with E-state index < -0.39 is 12.1 Å². The lowest BCUT2D eigenvalue weighted by atomic mass is 10.0. The van der Waals surface area contributed by atoms with E-state index in [9.17, 15) is 14.7 Å². The Morgan fingerprint density at radius 3 is 2.68 bits per heavy atom. The molecule has 1 aromatic rings. The number of rotatable bonds is 4. The van der Waals surface area contributed by atoms with E-state index in [0.29, 0.717) is 16.1 Å². The van der Waals surface area contributed by atoms with E-state index >= 15 is 0 Å². The van der Waals surface area contributed by atoms with Gasteiger partial charge in [0.1, 0.15) is 6.61 Å². The standard InChI is InChI=1S/C13H14ClNO4/c1-4-5-19-13(18)15-11-7(2)6-9(14)8(3)10(11)12(16)17/h4,6H,1,5H2,2-3H3,(H,15,18)(H,16,17). The zero-order chi connectivity index (χ0) is 14.6. The molecular formula is C13H14ClNO4. The maximum absolute atomic E-state index is 11.5. The number of aromatic carboxylic acids is 1. The minimum atomic E-state index is -1.16. The molecule has 0 spiro atoms. The average molecular weight is 284 g/mol. The zero-order valence-corrected chi connectivity index (χ0v) is 11.4. The van der Waals surface area contributed by atoms with Gasteiger partial charge in [0.05, 0.1) is 11.3 Å². The molecular weight excluding hydrogens is 270 g/mol. The van der Waals surface area contributed by atoms with Crippen molar-refractivity contribution in [3.63, 3.8) is 0 Å². The van der Waals surface area contributed by atoms with Gasteiger partial charge < -0.3 is 9.84 Å². The first-order valence-electron chi connectivity index (χ1n) is 5.46. The summed E-state index contributed by atoms with van der Waals surface area (Å²) in [5, 5.41) is 12.0. The predicted molar refractivity (Wildman–Crippen MR) is 73.1 cm³/mol. The van der Waals surface area contributed by atoms with Crippen molar-refractivity contribution in [2.45, 2.75) is 13.8 Å². The van der Waals surface area contributed by atoms with Crippen LogP contribution in [0.15, 0.2) is 18.7 Å². The molecule has 1 rings (SSSR count). The molecule has 0 atom stereocenters. The Balaban J connectivity index is 3.19. The maximum Gasteiger partial charge on any atom is 0.411 e. The third-order valence-corrected chi connectivity index (χ3v) is 2.89. The molecule has 0 aliphatic heterocycles. The summed E-state index contributed by atoms with van der Waals surface area (Å²) >= 11 is 5.93. The van der Waals surface area contributed by atoms with Crippen molar-refractivity contribution in [1.29, 1.82) is 0 Å². The topological polar surface area (TPSA) is 75.6 Å². The summed E-state index contributed by atoms with van der Waals surface area (Å²) in [4.78, 5) is 22.8. The molecule has 0 bridgehead atoms. The number of hydrogen-bond acceptors (Lipinski definition) is 3. The maximum atomic E-state index is 11.5. The number of amides is 1. The second-order valence-electron chi connectivity index (χ2n) is 3.87. The highest BCUT2D eigenvalue weighted by molar-refractivity contribution is 6.32. The molecule has 0 radical (unpaired) electrons. The van der Waals surface area contributed by atoms with Gasteiger partial charge in [0.2, 0.25) is 0 Å². The van der Waals surface area contributed by atoms with E-state index in [-0.39, 0.29) is 17.9 Å². The zero-order valence-electron chi connectivity index (χ0n) is 10.6. The highest BCUT2D eigenvalue weighted by atomic mass is 35.5. The summed E-state index contributed by atoms with van der Waals surface area (Å²) in [7, 11) is 0. The average Bonchev–Trinajstić information content (AvgIpc) is 2.33. The van der Waals surface area contributed by atoms with Gasteiger partial charge in [-0.25, -0.2) is 9.59 Å². The lowest BCUT2D eigenvalue weighted by Gasteiger charge is -2.14. The minimum Gasteiger partial charge on any atom is -0.478 e. The summed E-state index contributed by atoms with van der Waals surface area (Å²) in [5.41, 5.74) is 1.08. The predicted octanol–water partition coefficient (Wildman–Crippen LogP) is 3.39. The van der Waals surface area contributed by atoms with Crippen molar-refractivity contribution in [2.75, 3.05) is 11.9 Å². The van der Waals surface area contributed by atoms with E-state index in [1.165, 1.54) is 6.08 Å². The summed E-state index contributed by atoms with van der Waals surface area (Å²) in [6.45, 7) is 6.68. The molecule has 0 aliphatic carbocycles. The van der Waals surface area contributed by atoms with Crippen LogP contribution in [0.2, 0.25) is 5.02 Å². The highest BCUT2D eigenvalue weighted by Crippen LogP contribution is 2.30. The van der Waals surface area contributed by atoms with Gasteiger partial charge in [-0.3, -0.25) is 5.32 Å². The Morgan fingerprint density at radius 2 is 2.16 bits per heavy atom. The summed E-state index contributed by atoms with van der Waals surface area (Å²) in [6.07, 6.45) is 0.671. The smallest absolute Gasteiger partial charge is 0.411 e. The Kier molecular flexibility index (Phi) is 4.94. The largest absolute Gasteiger partial charge is 0.478 e. The first kappa shape index (κ1) is 15.0. The van der Waals surface area contributed by atoms with Gasteiger partial charge in [0.25, 0.3) is 0 Å². The van der Waals surface area contributed by atoms with Crippen molar-refractivity contribution in [1.82, 2.24) is 0 Å². The van der Waals surface area contributed by atoms with Crippen LogP contribution in [-0.4, -0.2) is 23.8 Å². The molecule has 0 unspecified atom stereocenters. The number of anilines is 1. The van der Waals surface area contributed by atoms with Crippen LogP contribution in [0.4, 0.5) is 10.5 Å². The number of nitrogens with one attached hydrogen (secondary N) is 1. The summed E-state index contributed by atoms with van der Waals surface area (Å²) in [5.74, 6) is -1.16. The fraction of sp³-hybridized carbons (Fsp3) is 0.231. The molecule has 0 fully saturated rings. The van der Waals surface area contributed by atoms with E-state index in [0.717, 1.165) is 0 Å². The van der Waals surface area contributed by atoms with Gasteiger partial charge in [-0.15, -0.1) is 0 Å². The van der Waals surface area contributed by atoms with Gasteiger partial charge in [-0.2, -0.15) is 0 Å². The second-order valence-corrected chi connectivity index (χ2v) is 4.27. The van der Waals surface area contributed by atoms with Crippen LogP contribution >= 0.6 is 11.6 Å². The number of carbonyl (C=O) groups excluding carboxylic acids is 1. The fourth-order valence-electron chi connectivity index (χ4n) is 1.58. The van der Waals surface area contributed by atoms with Crippen molar-refractivity contribution in [2.24, 2.45) is 0 Å². The van der Waals surface area contributed by atoms with Crippen molar-refractivity contribution < 1.29 is 19.4 Å². The summed E-state index contributed by atoms with van der Waals surface area (Å²) < 4.78 is 4.76. The number of carbonyl (C=O) groups is 2. The molecule has 1 aromatic carbocycles. The SMILES string of the molecule is C=CCOC(=O)Nc1c(C)cc(Cl)c(C)c1C(=O)O. The van der Waals surface area contributed by atoms with Gasteiger partial charge in [-0.1, -0.05) is 24.3 Å². The highest BCUT2D eigenvalue weighted by Gasteiger charge is 2.20. The number of benzene rings is 1. The number of aryl methyl sites for hydroxylation is 1. The quantitative estimate of drug-likeness (QED) is 0.831. The second kappa shape index (κ2) is 6.24. The molecule has 102 valence electrons. The minimum absolute atomic E-state index is 0.0412. The molecule has 1 amide bonds. The molecule has 0 aliphatic rings. The Hall–Kier alpha value is -2.01. The molecule has 0 aromatic heterocycles. The van der Waals surface area contributed by atoms with Gasteiger partial charge >= 0.3 is 12.1 Å². The van der Waals surface area contributed by atoms with E-state index in [1.807, 2.05) is 0 Å². The lowest BCUT2D eigenvalue weighted by molar-refractivity contribution is 0.0697. The molecule has 0 heterocycles. The number of hydrogen-bond donors (Lipinski definition) is 2. The number of carboxylic acid groups (broad SMARTS) is 1. The molecule has 2 N–H and O–H groups in total. The number of ether oxygens (including phenoxy) is 1. The van der Waals surface area contributed by atoms with Crippen LogP contribution in [0.25, 0.3) is 0 Å². The third kappa shape index (κ3) is 3.48. The van der Waals surface area contributed by atoms with E-state index in [1.54, 1.807) is 19.9 Å². The van der Waals surface area contributed by atoms with Gasteiger partial charge in [-0.05, 0) is 31.0 Å². The number of carboxylic acids is 1. The Morgan fingerprint density at radius 1 is 1.53 bits per heavy atom. The molecule has 19 heavy (non-hydrogen) atoms. The van der Waals surface area contributed by atoms with E-state index in [4.69, 9.17) is 16.3 Å². The molecule has 0 saturated carbocycles. The van der Waals surface area contributed by atoms with Crippen LogP contribution < -0.4 is 5.32 Å². The van der Waals surface area contributed by atoms with Crippen LogP contribution in [0.1, 0.15) is 21.5 Å². The monoisotopic (exact) mass is 283 g/mol. The van der Waals surface area contributed by atoms with Gasteiger partial charge in [0.15, 0.2) is 0 Å². The van der Waals surface area contributed by atoms with Crippen LogP contribution in [0.5, 0.6) is 0 Å². The van der Waals surface area contributed by atoms with Crippen molar-refractivity contribution in [3.05, 3.63) is 40.4 Å². The Labute approximate surface area is 115 Å². The molecule has 5 nitrogen and oxygen atoms in total. The van der Waals surface area contributed by atoms with Crippen LogP contribution in [0.3, 0.4) is 0 Å². The first-order valence-corrected chi connectivity index (χ1v) is 5.84. The summed E-state index contributed by atoms with van der Waals surface area (Å²) in [6, 6.07) is 1.59. The lowest BCUT2D eigenvalue weighted by Crippen LogP contribution is -2.18. The third-order valence-electron chi connectivity index (χ3n) is 2.49. The van der Waals surface area contributed by atoms with Crippen molar-refractivity contribution >= 4 is 29.4 Å². The van der Waals surface area contributed by atoms with Crippen molar-refractivity contribution in [3.8, 4) is 0 Å². The van der Waals surface area contributed by atoms with Crippen LogP contribution in [0, 0.1) is 13.8 Å². The van der Waals surface area contributed by atoms with E-state index in [2.05, 4.69) is 11.9 Å². The van der Waals surface area contributed by atoms with Gasteiger partial charge in [0, 0.05) is 5.02 Å². The number of halogens is 1. The normalized spacial score (nSPS) is 9.84. The molecule has 0 saturated heterocycles. The fourth-order valence-corrected chi connectivity index (χ4v) is 1.83. The Bertz CT molecular complexity index is 540. The van der Waals surface area contributed by atoms with Crippen LogP contribution in [-0.2, 0) is 4.74 Å². The first-order chi connectivity index (χ1) is 8.88.